The molecule has 3 atom stereocenters. The molecule has 1 aliphatic rings. The predicted molar refractivity (Wildman–Crippen MR) is 65.1 cm³/mol. The van der Waals surface area contributed by atoms with E-state index in [-0.39, 0.29) is 6.42 Å². The molecule has 0 bridgehead atoms. The second-order valence-corrected chi connectivity index (χ2v) is 4.85. The number of alkyl halides is 3. The highest BCUT2D eigenvalue weighted by atomic mass is 19.4. The lowest BCUT2D eigenvalue weighted by molar-refractivity contribution is -0.101. The Hall–Kier alpha value is -1.20. The zero-order chi connectivity index (χ0) is 14.6. The first-order chi connectivity index (χ1) is 8.81. The normalized spacial score (nSPS) is 25.6. The molecule has 2 nitrogen and oxygen atoms in total. The molecule has 1 rings (SSSR count). The van der Waals surface area contributed by atoms with Gasteiger partial charge in [0.25, 0.3) is 0 Å². The van der Waals surface area contributed by atoms with Crippen LogP contribution in [0.15, 0.2) is 28.7 Å². The maximum atomic E-state index is 13.7. The van der Waals surface area contributed by atoms with Gasteiger partial charge in [-0.2, -0.15) is 18.1 Å². The van der Waals surface area contributed by atoms with Crippen LogP contribution in [0, 0.1) is 16.7 Å². The van der Waals surface area contributed by atoms with Crippen LogP contribution in [0.4, 0.5) is 17.6 Å². The number of hydrogen-bond donors (Lipinski definition) is 0. The van der Waals surface area contributed by atoms with E-state index in [4.69, 9.17) is 0 Å². The van der Waals surface area contributed by atoms with Crippen LogP contribution < -0.4 is 0 Å². The van der Waals surface area contributed by atoms with Gasteiger partial charge >= 0.3 is 6.18 Å². The van der Waals surface area contributed by atoms with Crippen LogP contribution in [0.3, 0.4) is 0 Å². The van der Waals surface area contributed by atoms with Crippen molar-refractivity contribution >= 4 is 0 Å². The summed E-state index contributed by atoms with van der Waals surface area (Å²) >= 11 is 0. The summed E-state index contributed by atoms with van der Waals surface area (Å²) in [6.07, 6.45) is -1.67. The van der Waals surface area contributed by atoms with E-state index in [1.807, 2.05) is 6.92 Å². The van der Waals surface area contributed by atoms with E-state index in [1.165, 1.54) is 6.92 Å². The highest BCUT2D eigenvalue weighted by molar-refractivity contribution is 5.29. The van der Waals surface area contributed by atoms with Crippen LogP contribution in [0.25, 0.3) is 0 Å². The van der Waals surface area contributed by atoms with E-state index in [1.54, 1.807) is 0 Å². The van der Waals surface area contributed by atoms with Crippen molar-refractivity contribution in [1.82, 2.24) is 0 Å². The zero-order valence-corrected chi connectivity index (χ0v) is 10.9. The van der Waals surface area contributed by atoms with Crippen molar-refractivity contribution in [1.29, 1.82) is 0 Å². The Kier molecular flexibility index (Phi) is 5.26. The molecule has 0 aliphatic heterocycles. The summed E-state index contributed by atoms with van der Waals surface area (Å²) in [6.45, 7) is 3.18. The summed E-state index contributed by atoms with van der Waals surface area (Å²) in [4.78, 5) is 10.6. The van der Waals surface area contributed by atoms with Crippen molar-refractivity contribution in [3.63, 3.8) is 0 Å². The van der Waals surface area contributed by atoms with Crippen LogP contribution in [-0.4, -0.2) is 12.2 Å². The van der Waals surface area contributed by atoms with Crippen molar-refractivity contribution in [3.8, 4) is 0 Å². The van der Waals surface area contributed by atoms with Crippen LogP contribution in [0.1, 0.15) is 33.1 Å². The molecule has 0 heterocycles. The van der Waals surface area contributed by atoms with Gasteiger partial charge in [0.15, 0.2) is 0 Å². The average molecular weight is 279 g/mol. The third-order valence-corrected chi connectivity index (χ3v) is 3.49. The molecule has 0 radical (unpaired) electrons. The first-order valence-corrected chi connectivity index (χ1v) is 6.28. The highest BCUT2D eigenvalue weighted by Crippen LogP contribution is 2.42. The lowest BCUT2D eigenvalue weighted by Gasteiger charge is -2.30. The second kappa shape index (κ2) is 6.30. The van der Waals surface area contributed by atoms with Gasteiger partial charge in [-0.15, -0.1) is 0 Å². The molecule has 108 valence electrons. The summed E-state index contributed by atoms with van der Waals surface area (Å²) in [7, 11) is 0. The third-order valence-electron chi connectivity index (χ3n) is 3.49. The van der Waals surface area contributed by atoms with Crippen molar-refractivity contribution in [3.05, 3.63) is 28.5 Å². The standard InChI is InChI=1S/C13H17F4NO/c1-3-4-9(18-19)7-10-8(2)11(13(15,16)17)5-6-12(10)14/h5-6,8-10H,3-4,7H2,1-2H3. The number of allylic oxidation sites excluding steroid dienone is 4. The molecule has 0 fully saturated rings. The molecular formula is C13H17F4NO. The first kappa shape index (κ1) is 15.9. The Morgan fingerprint density at radius 2 is 2.00 bits per heavy atom. The number of nitroso groups, excluding NO2 is 1. The van der Waals surface area contributed by atoms with Crippen molar-refractivity contribution in [2.75, 3.05) is 0 Å². The van der Waals surface area contributed by atoms with E-state index >= 15 is 0 Å². The molecular weight excluding hydrogens is 262 g/mol. The van der Waals surface area contributed by atoms with Crippen LogP contribution in [0.5, 0.6) is 0 Å². The summed E-state index contributed by atoms with van der Waals surface area (Å²) in [6, 6.07) is -0.635. The smallest absolute Gasteiger partial charge is 0.211 e. The molecule has 0 spiro atoms. The lowest BCUT2D eigenvalue weighted by Crippen LogP contribution is -2.28. The van der Waals surface area contributed by atoms with Crippen molar-refractivity contribution in [2.45, 2.75) is 45.3 Å². The Morgan fingerprint density at radius 3 is 2.47 bits per heavy atom. The van der Waals surface area contributed by atoms with Crippen LogP contribution >= 0.6 is 0 Å². The zero-order valence-electron chi connectivity index (χ0n) is 10.9. The van der Waals surface area contributed by atoms with Crippen LogP contribution in [-0.2, 0) is 0 Å². The lowest BCUT2D eigenvalue weighted by atomic mass is 9.78. The maximum absolute atomic E-state index is 13.7. The minimum atomic E-state index is -4.47. The third kappa shape index (κ3) is 3.88. The van der Waals surface area contributed by atoms with E-state index in [0.29, 0.717) is 12.8 Å². The molecule has 0 amide bonds. The van der Waals surface area contributed by atoms with Gasteiger partial charge in [0.1, 0.15) is 5.83 Å². The van der Waals surface area contributed by atoms with E-state index in [2.05, 4.69) is 5.18 Å². The van der Waals surface area contributed by atoms with Crippen molar-refractivity contribution < 1.29 is 17.6 Å². The van der Waals surface area contributed by atoms with Gasteiger partial charge in [-0.1, -0.05) is 31.5 Å². The first-order valence-electron chi connectivity index (χ1n) is 6.28. The minimum absolute atomic E-state index is 0.0221. The molecule has 0 saturated carbocycles. The van der Waals surface area contributed by atoms with E-state index in [9.17, 15) is 22.5 Å². The molecule has 1 aliphatic carbocycles. The maximum Gasteiger partial charge on any atom is 0.412 e. The van der Waals surface area contributed by atoms with Gasteiger partial charge in [-0.25, -0.2) is 4.39 Å². The SMILES string of the molecule is CCCC(CC1C(F)=CC=C(C(F)(F)F)C1C)N=O. The number of rotatable bonds is 5. The average Bonchev–Trinajstić information content (AvgIpc) is 2.31. The molecule has 3 unspecified atom stereocenters. The summed E-state index contributed by atoms with van der Waals surface area (Å²) < 4.78 is 52.0. The van der Waals surface area contributed by atoms with Crippen molar-refractivity contribution in [2.24, 2.45) is 17.0 Å². The number of nitrogens with zero attached hydrogens (tertiary/aromatic N) is 1. The van der Waals surface area contributed by atoms with Gasteiger partial charge in [0.2, 0.25) is 0 Å². The predicted octanol–water partition coefficient (Wildman–Crippen LogP) is 4.92. The molecule has 0 saturated heterocycles. The Labute approximate surface area is 109 Å². The van der Waals surface area contributed by atoms with E-state index in [0.717, 1.165) is 12.2 Å². The molecule has 0 aromatic heterocycles. The number of halogens is 4. The monoisotopic (exact) mass is 279 g/mol. The van der Waals surface area contributed by atoms with Gasteiger partial charge < -0.3 is 0 Å². The van der Waals surface area contributed by atoms with Gasteiger partial charge in [0, 0.05) is 11.5 Å². The Balaban J connectivity index is 2.88. The summed E-state index contributed by atoms with van der Waals surface area (Å²) in [5.41, 5.74) is -0.750. The fourth-order valence-electron chi connectivity index (χ4n) is 2.41. The molecule has 0 aromatic rings. The van der Waals surface area contributed by atoms with E-state index < -0.39 is 35.5 Å². The molecule has 0 aromatic carbocycles. The fourth-order valence-corrected chi connectivity index (χ4v) is 2.41. The second-order valence-electron chi connectivity index (χ2n) is 4.85. The van der Waals surface area contributed by atoms with Gasteiger partial charge in [-0.3, -0.25) is 0 Å². The van der Waals surface area contributed by atoms with Crippen LogP contribution in [0.2, 0.25) is 0 Å². The minimum Gasteiger partial charge on any atom is -0.211 e. The molecule has 0 N–H and O–H groups in total. The molecule has 19 heavy (non-hydrogen) atoms. The van der Waals surface area contributed by atoms with Gasteiger partial charge in [-0.05, 0) is 24.8 Å². The Morgan fingerprint density at radius 1 is 1.37 bits per heavy atom. The summed E-state index contributed by atoms with van der Waals surface area (Å²) in [5, 5.41) is 2.88. The molecule has 6 heteroatoms. The fraction of sp³-hybridized carbons (Fsp3) is 0.692. The summed E-state index contributed by atoms with van der Waals surface area (Å²) in [5.74, 6) is -2.52. The quantitative estimate of drug-likeness (QED) is 0.519. The number of hydrogen-bond acceptors (Lipinski definition) is 2. The highest BCUT2D eigenvalue weighted by Gasteiger charge is 2.42. The van der Waals surface area contributed by atoms with Gasteiger partial charge in [0.05, 0.1) is 6.04 Å². The Bertz CT molecular complexity index is 387. The largest absolute Gasteiger partial charge is 0.412 e. The topological polar surface area (TPSA) is 29.4 Å².